The van der Waals surface area contributed by atoms with Gasteiger partial charge in [0.1, 0.15) is 12.9 Å². The molecule has 2 rings (SSSR count). The van der Waals surface area contributed by atoms with Crippen molar-refractivity contribution in [3.8, 4) is 5.75 Å². The third kappa shape index (κ3) is 3.76. The number of nitro groups is 1. The first-order valence-corrected chi connectivity index (χ1v) is 6.55. The molecule has 21 heavy (non-hydrogen) atoms. The molecule has 0 radical (unpaired) electrons. The van der Waals surface area contributed by atoms with Crippen molar-refractivity contribution in [1.82, 2.24) is 20.1 Å². The lowest BCUT2D eigenvalue weighted by Gasteiger charge is -2.08. The van der Waals surface area contributed by atoms with Crippen LogP contribution < -0.4 is 10.1 Å². The summed E-state index contributed by atoms with van der Waals surface area (Å²) in [4.78, 5) is 14.7. The molecule has 0 amide bonds. The lowest BCUT2D eigenvalue weighted by Crippen LogP contribution is -2.12. The number of aromatic nitrogens is 3. The molecular formula is C13H17N5O3. The van der Waals surface area contributed by atoms with Gasteiger partial charge in [0.25, 0.3) is 0 Å². The molecule has 1 aromatic carbocycles. The fourth-order valence-corrected chi connectivity index (χ4v) is 1.80. The molecule has 0 saturated carbocycles. The van der Waals surface area contributed by atoms with Crippen LogP contribution in [0.15, 0.2) is 24.5 Å². The van der Waals surface area contributed by atoms with Gasteiger partial charge in [-0.1, -0.05) is 13.0 Å². The molecule has 0 fully saturated rings. The Morgan fingerprint density at radius 3 is 2.90 bits per heavy atom. The number of hydrogen-bond donors (Lipinski definition) is 1. The minimum absolute atomic E-state index is 0.0485. The van der Waals surface area contributed by atoms with E-state index >= 15 is 0 Å². The summed E-state index contributed by atoms with van der Waals surface area (Å²) in [5.41, 5.74) is 0.794. The van der Waals surface area contributed by atoms with Gasteiger partial charge in [-0.05, 0) is 18.2 Å². The summed E-state index contributed by atoms with van der Waals surface area (Å²) in [5, 5.41) is 18.2. The van der Waals surface area contributed by atoms with E-state index in [2.05, 4.69) is 15.4 Å². The highest BCUT2D eigenvalue weighted by molar-refractivity contribution is 5.48. The van der Waals surface area contributed by atoms with Crippen LogP contribution >= 0.6 is 0 Å². The predicted molar refractivity (Wildman–Crippen MR) is 75.8 cm³/mol. The molecule has 0 atom stereocenters. The molecule has 0 saturated heterocycles. The van der Waals surface area contributed by atoms with Crippen molar-refractivity contribution in [3.63, 3.8) is 0 Å². The molecule has 2 aromatic rings. The largest absolute Gasteiger partial charge is 0.479 e. The normalized spacial score (nSPS) is 10.6. The van der Waals surface area contributed by atoms with Crippen LogP contribution in [0, 0.1) is 10.1 Å². The summed E-state index contributed by atoms with van der Waals surface area (Å²) in [7, 11) is 1.74. The molecular weight excluding hydrogens is 274 g/mol. The third-order valence-electron chi connectivity index (χ3n) is 2.96. The second-order valence-corrected chi connectivity index (χ2v) is 4.43. The number of ether oxygens (including phenoxy) is 1. The first kappa shape index (κ1) is 14.9. The van der Waals surface area contributed by atoms with Crippen LogP contribution in [0.3, 0.4) is 0 Å². The van der Waals surface area contributed by atoms with Crippen LogP contribution in [-0.4, -0.2) is 26.2 Å². The summed E-state index contributed by atoms with van der Waals surface area (Å²) < 4.78 is 7.06. The maximum Gasteiger partial charge on any atom is 0.311 e. The number of nitrogens with zero attached hydrogens (tertiary/aromatic N) is 4. The first-order chi connectivity index (χ1) is 10.1. The van der Waals surface area contributed by atoms with Gasteiger partial charge in [0, 0.05) is 19.7 Å². The molecule has 1 heterocycles. The fraction of sp³-hybridized carbons (Fsp3) is 0.385. The van der Waals surface area contributed by atoms with Crippen molar-refractivity contribution in [2.75, 3.05) is 6.54 Å². The third-order valence-corrected chi connectivity index (χ3v) is 2.96. The minimum atomic E-state index is -0.443. The Labute approximate surface area is 121 Å². The average Bonchev–Trinajstić information content (AvgIpc) is 2.88. The zero-order chi connectivity index (χ0) is 15.2. The predicted octanol–water partition coefficient (Wildman–Crippen LogP) is 1.41. The van der Waals surface area contributed by atoms with Crippen LogP contribution in [0.1, 0.15) is 18.3 Å². The summed E-state index contributed by atoms with van der Waals surface area (Å²) in [5.74, 6) is 0.823. The SMILES string of the molecule is CCNCc1ccc(OCc2ncnn2C)c([N+](=O)[O-])c1. The van der Waals surface area contributed by atoms with Crippen molar-refractivity contribution in [1.29, 1.82) is 0 Å². The number of benzene rings is 1. The molecule has 8 heteroatoms. The highest BCUT2D eigenvalue weighted by Crippen LogP contribution is 2.28. The van der Waals surface area contributed by atoms with Crippen LogP contribution in [0.2, 0.25) is 0 Å². The van der Waals surface area contributed by atoms with Gasteiger partial charge in [-0.2, -0.15) is 5.10 Å². The number of rotatable bonds is 7. The Kier molecular flexibility index (Phi) is 4.83. The van der Waals surface area contributed by atoms with Gasteiger partial charge in [0.05, 0.1) is 4.92 Å². The van der Waals surface area contributed by atoms with Crippen molar-refractivity contribution >= 4 is 5.69 Å². The molecule has 8 nitrogen and oxygen atoms in total. The van der Waals surface area contributed by atoms with Crippen molar-refractivity contribution in [2.24, 2.45) is 7.05 Å². The molecule has 0 spiro atoms. The van der Waals surface area contributed by atoms with Crippen molar-refractivity contribution < 1.29 is 9.66 Å². The first-order valence-electron chi connectivity index (χ1n) is 6.55. The summed E-state index contributed by atoms with van der Waals surface area (Å²) in [6.45, 7) is 3.50. The van der Waals surface area contributed by atoms with Gasteiger partial charge in [-0.15, -0.1) is 0 Å². The molecule has 0 aliphatic carbocycles. The summed E-state index contributed by atoms with van der Waals surface area (Å²) >= 11 is 0. The van der Waals surface area contributed by atoms with Gasteiger partial charge in [-0.3, -0.25) is 14.8 Å². The summed E-state index contributed by atoms with van der Waals surface area (Å²) in [6, 6.07) is 4.94. The van der Waals surface area contributed by atoms with E-state index in [1.807, 2.05) is 13.0 Å². The summed E-state index contributed by atoms with van der Waals surface area (Å²) in [6.07, 6.45) is 1.41. The lowest BCUT2D eigenvalue weighted by molar-refractivity contribution is -0.386. The molecule has 0 aliphatic rings. The second kappa shape index (κ2) is 6.80. The lowest BCUT2D eigenvalue weighted by atomic mass is 10.2. The average molecular weight is 291 g/mol. The zero-order valence-electron chi connectivity index (χ0n) is 11.9. The van der Waals surface area contributed by atoms with E-state index in [0.29, 0.717) is 12.4 Å². The van der Waals surface area contributed by atoms with E-state index in [9.17, 15) is 10.1 Å². The molecule has 0 bridgehead atoms. The maximum absolute atomic E-state index is 11.1. The van der Waals surface area contributed by atoms with E-state index in [1.54, 1.807) is 17.8 Å². The number of nitro benzene ring substituents is 1. The van der Waals surface area contributed by atoms with Gasteiger partial charge in [0.2, 0.25) is 0 Å². The van der Waals surface area contributed by atoms with Crippen molar-refractivity contribution in [2.45, 2.75) is 20.1 Å². The van der Waals surface area contributed by atoms with Crippen LogP contribution in [-0.2, 0) is 20.2 Å². The molecule has 0 unspecified atom stereocenters. The molecule has 112 valence electrons. The molecule has 1 N–H and O–H groups in total. The van der Waals surface area contributed by atoms with E-state index in [-0.39, 0.29) is 18.0 Å². The zero-order valence-corrected chi connectivity index (χ0v) is 11.9. The number of nitrogens with one attached hydrogen (secondary N) is 1. The van der Waals surface area contributed by atoms with E-state index in [4.69, 9.17) is 4.74 Å². The number of hydrogen-bond acceptors (Lipinski definition) is 6. The topological polar surface area (TPSA) is 95.1 Å². The van der Waals surface area contributed by atoms with E-state index in [0.717, 1.165) is 12.1 Å². The maximum atomic E-state index is 11.1. The van der Waals surface area contributed by atoms with Gasteiger partial charge < -0.3 is 10.1 Å². The van der Waals surface area contributed by atoms with Gasteiger partial charge in [0.15, 0.2) is 11.6 Å². The Bertz CT molecular complexity index is 626. The Balaban J connectivity index is 2.14. The Hall–Kier alpha value is -2.48. The smallest absolute Gasteiger partial charge is 0.311 e. The molecule has 0 aliphatic heterocycles. The van der Waals surface area contributed by atoms with Gasteiger partial charge >= 0.3 is 5.69 Å². The fourth-order valence-electron chi connectivity index (χ4n) is 1.80. The molecule has 1 aromatic heterocycles. The number of aryl methyl sites for hydroxylation is 1. The monoisotopic (exact) mass is 291 g/mol. The standard InChI is InChI=1S/C13H17N5O3/c1-3-14-7-10-4-5-12(11(6-10)18(19)20)21-8-13-15-9-16-17(13)2/h4-6,9,14H,3,7-8H2,1-2H3. The minimum Gasteiger partial charge on any atom is -0.479 e. The van der Waals surface area contributed by atoms with Crippen LogP contribution in [0.4, 0.5) is 5.69 Å². The van der Waals surface area contributed by atoms with Crippen molar-refractivity contribution in [3.05, 3.63) is 46.0 Å². The second-order valence-electron chi connectivity index (χ2n) is 4.43. The Morgan fingerprint density at radius 2 is 2.29 bits per heavy atom. The highest BCUT2D eigenvalue weighted by atomic mass is 16.6. The van der Waals surface area contributed by atoms with Crippen LogP contribution in [0.25, 0.3) is 0 Å². The van der Waals surface area contributed by atoms with Crippen LogP contribution in [0.5, 0.6) is 5.75 Å². The van der Waals surface area contributed by atoms with E-state index in [1.165, 1.54) is 12.4 Å². The van der Waals surface area contributed by atoms with Gasteiger partial charge in [-0.25, -0.2) is 4.98 Å². The Morgan fingerprint density at radius 1 is 1.48 bits per heavy atom. The quantitative estimate of drug-likeness (QED) is 0.612. The van der Waals surface area contributed by atoms with E-state index < -0.39 is 4.92 Å². The highest BCUT2D eigenvalue weighted by Gasteiger charge is 2.16.